The molecule has 1 amide bonds. The average molecular weight is 363 g/mol. The maximum atomic E-state index is 13.3. The molecule has 134 valence electrons. The Bertz CT molecular complexity index is 711. The van der Waals surface area contributed by atoms with Crippen LogP contribution in [0.2, 0.25) is 0 Å². The molecule has 5 nitrogen and oxygen atoms in total. The van der Waals surface area contributed by atoms with E-state index in [1.807, 2.05) is 0 Å². The van der Waals surface area contributed by atoms with E-state index in [1.165, 1.54) is 23.5 Å². The smallest absolute Gasteiger partial charge is 0.270 e. The molecule has 1 aliphatic rings. The summed E-state index contributed by atoms with van der Waals surface area (Å²) in [7, 11) is 0. The van der Waals surface area contributed by atoms with Crippen LogP contribution in [0, 0.1) is 5.82 Å². The summed E-state index contributed by atoms with van der Waals surface area (Å²) in [6, 6.07) is 6.53. The summed E-state index contributed by atoms with van der Waals surface area (Å²) in [6.07, 6.45) is 2.25. The van der Waals surface area contributed by atoms with Crippen LogP contribution in [0.25, 0.3) is 0 Å². The second-order valence-corrected chi connectivity index (χ2v) is 7.19. The largest absolute Gasteiger partial charge is 0.381 e. The standard InChI is InChI=1S/C18H22FN3O2S/c19-14-3-1-13(2-4-14)18(6-9-24-10-7-18)12-21-17(23)15-11-25-16(22-15)5-8-20/h1-4,11H,5-10,12,20H2,(H,21,23). The molecule has 0 saturated carbocycles. The lowest BCUT2D eigenvalue weighted by Crippen LogP contribution is -2.44. The topological polar surface area (TPSA) is 77.2 Å². The molecular weight excluding hydrogens is 341 g/mol. The quantitative estimate of drug-likeness (QED) is 0.825. The first-order valence-electron chi connectivity index (χ1n) is 8.39. The van der Waals surface area contributed by atoms with Crippen LogP contribution in [0.4, 0.5) is 4.39 Å². The van der Waals surface area contributed by atoms with E-state index in [2.05, 4.69) is 10.3 Å². The van der Waals surface area contributed by atoms with Crippen molar-refractivity contribution in [1.82, 2.24) is 10.3 Å². The highest BCUT2D eigenvalue weighted by Crippen LogP contribution is 2.34. The van der Waals surface area contributed by atoms with Gasteiger partial charge in [0.25, 0.3) is 5.91 Å². The van der Waals surface area contributed by atoms with Gasteiger partial charge >= 0.3 is 0 Å². The fraction of sp³-hybridized carbons (Fsp3) is 0.444. The van der Waals surface area contributed by atoms with Gasteiger partial charge in [-0.1, -0.05) is 12.1 Å². The number of nitrogens with one attached hydrogen (secondary N) is 1. The second kappa shape index (κ2) is 8.03. The van der Waals surface area contributed by atoms with Crippen LogP contribution in [0.3, 0.4) is 0 Å². The molecule has 1 fully saturated rings. The minimum atomic E-state index is -0.259. The molecule has 2 heterocycles. The van der Waals surface area contributed by atoms with Gasteiger partial charge in [-0.3, -0.25) is 4.79 Å². The van der Waals surface area contributed by atoms with E-state index in [9.17, 15) is 9.18 Å². The second-order valence-electron chi connectivity index (χ2n) is 6.25. The number of hydrogen-bond donors (Lipinski definition) is 2. The molecule has 0 radical (unpaired) electrons. The van der Waals surface area contributed by atoms with Crippen LogP contribution in [0.15, 0.2) is 29.6 Å². The fourth-order valence-electron chi connectivity index (χ4n) is 3.13. The monoisotopic (exact) mass is 363 g/mol. The zero-order chi connectivity index (χ0) is 17.7. The van der Waals surface area contributed by atoms with Crippen LogP contribution < -0.4 is 11.1 Å². The lowest BCUT2D eigenvalue weighted by molar-refractivity contribution is 0.0486. The molecule has 0 unspecified atom stereocenters. The highest BCUT2D eigenvalue weighted by molar-refractivity contribution is 7.09. The molecule has 1 aromatic heterocycles. The normalized spacial score (nSPS) is 16.6. The molecule has 1 aromatic carbocycles. The Balaban J connectivity index is 1.72. The van der Waals surface area contributed by atoms with E-state index >= 15 is 0 Å². The average Bonchev–Trinajstić information content (AvgIpc) is 3.10. The number of carbonyl (C=O) groups is 1. The SMILES string of the molecule is NCCc1nc(C(=O)NCC2(c3ccc(F)cc3)CCOCC2)cs1. The molecule has 0 atom stereocenters. The Hall–Kier alpha value is -1.83. The maximum Gasteiger partial charge on any atom is 0.270 e. The Labute approximate surface area is 150 Å². The lowest BCUT2D eigenvalue weighted by Gasteiger charge is -2.37. The van der Waals surface area contributed by atoms with Gasteiger partial charge in [-0.25, -0.2) is 9.37 Å². The van der Waals surface area contributed by atoms with Crippen LogP contribution >= 0.6 is 11.3 Å². The Kier molecular flexibility index (Phi) is 5.78. The molecule has 0 spiro atoms. The number of nitrogens with two attached hydrogens (primary N) is 1. The van der Waals surface area contributed by atoms with Gasteiger partial charge in [0, 0.05) is 37.0 Å². The van der Waals surface area contributed by atoms with Gasteiger partial charge in [0.1, 0.15) is 11.5 Å². The van der Waals surface area contributed by atoms with E-state index in [-0.39, 0.29) is 17.1 Å². The number of halogens is 1. The van der Waals surface area contributed by atoms with E-state index < -0.39 is 0 Å². The molecule has 2 aromatic rings. The fourth-order valence-corrected chi connectivity index (χ4v) is 3.92. The van der Waals surface area contributed by atoms with Crippen molar-refractivity contribution in [2.24, 2.45) is 5.73 Å². The van der Waals surface area contributed by atoms with Crippen molar-refractivity contribution in [2.45, 2.75) is 24.7 Å². The number of thiazole rings is 1. The van der Waals surface area contributed by atoms with Gasteiger partial charge in [0.15, 0.2) is 0 Å². The molecule has 0 aliphatic carbocycles. The third-order valence-electron chi connectivity index (χ3n) is 4.64. The number of nitrogens with zero attached hydrogens (tertiary/aromatic N) is 1. The van der Waals surface area contributed by atoms with Gasteiger partial charge in [-0.2, -0.15) is 0 Å². The lowest BCUT2D eigenvalue weighted by atomic mass is 9.74. The van der Waals surface area contributed by atoms with Crippen molar-refractivity contribution in [3.8, 4) is 0 Å². The number of carbonyl (C=O) groups excluding carboxylic acids is 1. The molecule has 1 saturated heterocycles. The van der Waals surface area contributed by atoms with E-state index in [4.69, 9.17) is 10.5 Å². The summed E-state index contributed by atoms with van der Waals surface area (Å²) >= 11 is 1.45. The van der Waals surface area contributed by atoms with Gasteiger partial charge in [0.05, 0.1) is 5.01 Å². The van der Waals surface area contributed by atoms with Crippen molar-refractivity contribution < 1.29 is 13.9 Å². The molecule has 7 heteroatoms. The number of aromatic nitrogens is 1. The van der Waals surface area contributed by atoms with Gasteiger partial charge in [-0.05, 0) is 37.1 Å². The first kappa shape index (κ1) is 18.0. The number of rotatable bonds is 6. The Morgan fingerprint density at radius 2 is 2.04 bits per heavy atom. The van der Waals surface area contributed by atoms with Crippen molar-refractivity contribution in [2.75, 3.05) is 26.3 Å². The summed E-state index contributed by atoms with van der Waals surface area (Å²) in [4.78, 5) is 16.8. The van der Waals surface area contributed by atoms with Gasteiger partial charge < -0.3 is 15.8 Å². The van der Waals surface area contributed by atoms with Crippen molar-refractivity contribution in [1.29, 1.82) is 0 Å². The number of benzene rings is 1. The maximum absolute atomic E-state index is 13.3. The summed E-state index contributed by atoms with van der Waals surface area (Å²) in [6.45, 7) is 2.25. The zero-order valence-corrected chi connectivity index (χ0v) is 14.8. The summed E-state index contributed by atoms with van der Waals surface area (Å²) in [5.41, 5.74) is 6.74. The predicted octanol–water partition coefficient (Wildman–Crippen LogP) is 2.26. The Morgan fingerprint density at radius 1 is 1.32 bits per heavy atom. The molecule has 1 aliphatic heterocycles. The molecule has 0 bridgehead atoms. The summed E-state index contributed by atoms with van der Waals surface area (Å²) in [5, 5.41) is 5.63. The molecular formula is C18H22FN3O2S. The number of ether oxygens (including phenoxy) is 1. The summed E-state index contributed by atoms with van der Waals surface area (Å²) in [5.74, 6) is -0.447. The molecule has 3 N–H and O–H groups in total. The number of hydrogen-bond acceptors (Lipinski definition) is 5. The van der Waals surface area contributed by atoms with Crippen LogP contribution in [0.5, 0.6) is 0 Å². The van der Waals surface area contributed by atoms with Gasteiger partial charge in [0.2, 0.25) is 0 Å². The van der Waals surface area contributed by atoms with E-state index in [0.717, 1.165) is 23.4 Å². The van der Waals surface area contributed by atoms with Crippen LogP contribution in [0.1, 0.15) is 33.9 Å². The van der Waals surface area contributed by atoms with Gasteiger partial charge in [-0.15, -0.1) is 11.3 Å². The molecule has 3 rings (SSSR count). The minimum absolute atomic E-state index is 0.188. The first-order chi connectivity index (χ1) is 12.1. The minimum Gasteiger partial charge on any atom is -0.381 e. The van der Waals surface area contributed by atoms with Crippen molar-refractivity contribution in [3.05, 3.63) is 51.7 Å². The predicted molar refractivity (Wildman–Crippen MR) is 95.3 cm³/mol. The first-order valence-corrected chi connectivity index (χ1v) is 9.27. The van der Waals surface area contributed by atoms with Crippen molar-refractivity contribution in [3.63, 3.8) is 0 Å². The van der Waals surface area contributed by atoms with E-state index in [1.54, 1.807) is 17.5 Å². The third kappa shape index (κ3) is 4.23. The highest BCUT2D eigenvalue weighted by atomic mass is 32.1. The highest BCUT2D eigenvalue weighted by Gasteiger charge is 2.35. The third-order valence-corrected chi connectivity index (χ3v) is 5.55. The van der Waals surface area contributed by atoms with Crippen LogP contribution in [-0.4, -0.2) is 37.2 Å². The molecule has 25 heavy (non-hydrogen) atoms. The van der Waals surface area contributed by atoms with Crippen LogP contribution in [-0.2, 0) is 16.6 Å². The zero-order valence-electron chi connectivity index (χ0n) is 14.0. The number of amides is 1. The Morgan fingerprint density at radius 3 is 2.72 bits per heavy atom. The van der Waals surface area contributed by atoms with E-state index in [0.29, 0.717) is 38.4 Å². The van der Waals surface area contributed by atoms with Crippen molar-refractivity contribution >= 4 is 17.2 Å². The summed E-state index contributed by atoms with van der Waals surface area (Å²) < 4.78 is 18.8.